The molecule has 2 aromatic carbocycles. The van der Waals surface area contributed by atoms with E-state index in [1.807, 2.05) is 0 Å². The van der Waals surface area contributed by atoms with Crippen LogP contribution in [0, 0.1) is 5.82 Å². The number of nitrogens with one attached hydrogen (secondary N) is 2. The quantitative estimate of drug-likeness (QED) is 0.810. The molecule has 2 N–H and O–H groups in total. The molecule has 0 saturated carbocycles. The highest BCUT2D eigenvalue weighted by molar-refractivity contribution is 6.35. The molecule has 2 amide bonds. The van der Waals surface area contributed by atoms with E-state index >= 15 is 0 Å². The van der Waals surface area contributed by atoms with E-state index < -0.39 is 23.7 Å². The van der Waals surface area contributed by atoms with E-state index in [-0.39, 0.29) is 16.3 Å². The minimum atomic E-state index is -0.934. The molecule has 0 aliphatic heterocycles. The van der Waals surface area contributed by atoms with Crippen LogP contribution in [0.25, 0.3) is 0 Å². The van der Waals surface area contributed by atoms with E-state index in [1.54, 1.807) is 6.07 Å². The van der Waals surface area contributed by atoms with Gasteiger partial charge in [0.25, 0.3) is 11.8 Å². The molecule has 126 valence electrons. The number of carbonyl (C=O) groups excluding carboxylic acids is 2. The van der Waals surface area contributed by atoms with E-state index in [2.05, 4.69) is 10.9 Å². The van der Waals surface area contributed by atoms with Gasteiger partial charge in [0, 0.05) is 10.6 Å². The molecule has 5 nitrogen and oxygen atoms in total. The van der Waals surface area contributed by atoms with Gasteiger partial charge in [0.1, 0.15) is 11.6 Å². The molecule has 0 heterocycles. The number of hydrogen-bond donors (Lipinski definition) is 2. The molecule has 0 saturated heterocycles. The van der Waals surface area contributed by atoms with Gasteiger partial charge in [-0.1, -0.05) is 29.3 Å². The Balaban J connectivity index is 1.90. The van der Waals surface area contributed by atoms with Gasteiger partial charge in [0.05, 0.1) is 5.02 Å². The van der Waals surface area contributed by atoms with Crippen LogP contribution in [0.15, 0.2) is 42.5 Å². The first-order chi connectivity index (χ1) is 11.4. The van der Waals surface area contributed by atoms with Crippen molar-refractivity contribution in [2.45, 2.75) is 13.0 Å². The van der Waals surface area contributed by atoms with Crippen molar-refractivity contribution >= 4 is 35.0 Å². The van der Waals surface area contributed by atoms with Crippen LogP contribution in [0.4, 0.5) is 4.39 Å². The molecule has 0 radical (unpaired) electrons. The molecule has 0 aliphatic rings. The first-order valence-electron chi connectivity index (χ1n) is 6.84. The monoisotopic (exact) mass is 370 g/mol. The molecule has 0 spiro atoms. The van der Waals surface area contributed by atoms with Gasteiger partial charge in [0.15, 0.2) is 6.10 Å². The minimum Gasteiger partial charge on any atom is -0.479 e. The molecular formula is C16H13Cl2FN2O3. The Morgan fingerprint density at radius 3 is 2.54 bits per heavy atom. The number of ether oxygens (including phenoxy) is 1. The van der Waals surface area contributed by atoms with Crippen LogP contribution in [0.1, 0.15) is 17.3 Å². The maximum Gasteiger partial charge on any atom is 0.279 e. The van der Waals surface area contributed by atoms with Crippen molar-refractivity contribution < 1.29 is 18.7 Å². The van der Waals surface area contributed by atoms with Crippen molar-refractivity contribution in [3.8, 4) is 5.75 Å². The number of hydrazine groups is 1. The standard InChI is InChI=1S/C16H13Cl2FN2O3/c1-9(24-14-6-5-11(17)8-13(14)18)15(22)20-21-16(23)10-3-2-4-12(19)7-10/h2-9H,1H3,(H,20,22)(H,21,23). The summed E-state index contributed by atoms with van der Waals surface area (Å²) in [7, 11) is 0. The summed E-state index contributed by atoms with van der Waals surface area (Å²) >= 11 is 11.7. The summed E-state index contributed by atoms with van der Waals surface area (Å²) in [5, 5.41) is 0.692. The fourth-order valence-corrected chi connectivity index (χ4v) is 2.19. The van der Waals surface area contributed by atoms with Crippen molar-refractivity contribution in [3.05, 3.63) is 63.9 Å². The average molecular weight is 371 g/mol. The van der Waals surface area contributed by atoms with Crippen LogP contribution < -0.4 is 15.6 Å². The first kappa shape index (κ1) is 18.0. The van der Waals surface area contributed by atoms with E-state index in [4.69, 9.17) is 27.9 Å². The number of rotatable bonds is 4. The zero-order valence-corrected chi connectivity index (χ0v) is 14.0. The number of benzene rings is 2. The molecule has 0 fully saturated rings. The molecule has 1 unspecified atom stereocenters. The van der Waals surface area contributed by atoms with Gasteiger partial charge < -0.3 is 4.74 Å². The molecule has 0 aliphatic carbocycles. The lowest BCUT2D eigenvalue weighted by molar-refractivity contribution is -0.128. The van der Waals surface area contributed by atoms with Gasteiger partial charge in [0.2, 0.25) is 0 Å². The van der Waals surface area contributed by atoms with E-state index in [0.29, 0.717) is 5.02 Å². The highest BCUT2D eigenvalue weighted by Gasteiger charge is 2.17. The molecule has 8 heteroatoms. The lowest BCUT2D eigenvalue weighted by Gasteiger charge is -2.16. The van der Waals surface area contributed by atoms with Crippen LogP contribution in [-0.2, 0) is 4.79 Å². The van der Waals surface area contributed by atoms with Gasteiger partial charge in [-0.2, -0.15) is 0 Å². The fraction of sp³-hybridized carbons (Fsp3) is 0.125. The number of carbonyl (C=O) groups is 2. The summed E-state index contributed by atoms with van der Waals surface area (Å²) in [6.07, 6.45) is -0.934. The van der Waals surface area contributed by atoms with E-state index in [0.717, 1.165) is 6.07 Å². The fourth-order valence-electron chi connectivity index (χ4n) is 1.74. The van der Waals surface area contributed by atoms with Crippen LogP contribution in [0.5, 0.6) is 5.75 Å². The maximum atomic E-state index is 13.1. The summed E-state index contributed by atoms with van der Waals surface area (Å²) < 4.78 is 18.5. The molecule has 1 atom stereocenters. The molecule has 0 aromatic heterocycles. The predicted molar refractivity (Wildman–Crippen MR) is 88.6 cm³/mol. The number of halogens is 3. The topological polar surface area (TPSA) is 67.4 Å². The summed E-state index contributed by atoms with van der Waals surface area (Å²) in [4.78, 5) is 23.7. The molecular weight excluding hydrogens is 358 g/mol. The summed E-state index contributed by atoms with van der Waals surface area (Å²) in [5.41, 5.74) is 4.45. The normalized spacial score (nSPS) is 11.5. The lowest BCUT2D eigenvalue weighted by Crippen LogP contribution is -2.47. The Morgan fingerprint density at radius 1 is 1.12 bits per heavy atom. The molecule has 24 heavy (non-hydrogen) atoms. The van der Waals surface area contributed by atoms with Gasteiger partial charge in [-0.15, -0.1) is 0 Å². The average Bonchev–Trinajstić information content (AvgIpc) is 2.54. The number of amides is 2. The third-order valence-electron chi connectivity index (χ3n) is 2.95. The zero-order chi connectivity index (χ0) is 17.7. The number of hydrogen-bond acceptors (Lipinski definition) is 3. The summed E-state index contributed by atoms with van der Waals surface area (Å²) in [6.45, 7) is 1.48. The Labute approximate surface area is 147 Å². The zero-order valence-electron chi connectivity index (χ0n) is 12.5. The van der Waals surface area contributed by atoms with Crippen molar-refractivity contribution in [1.29, 1.82) is 0 Å². The lowest BCUT2D eigenvalue weighted by atomic mass is 10.2. The Kier molecular flexibility index (Phi) is 6.00. The predicted octanol–water partition coefficient (Wildman–Crippen LogP) is 3.36. The van der Waals surface area contributed by atoms with Crippen LogP contribution in [-0.4, -0.2) is 17.9 Å². The smallest absolute Gasteiger partial charge is 0.279 e. The largest absolute Gasteiger partial charge is 0.479 e. The maximum absolute atomic E-state index is 13.1. The Hall–Kier alpha value is -2.31. The highest BCUT2D eigenvalue weighted by Crippen LogP contribution is 2.28. The third kappa shape index (κ3) is 4.84. The second-order valence-electron chi connectivity index (χ2n) is 4.79. The van der Waals surface area contributed by atoms with Gasteiger partial charge in [-0.3, -0.25) is 20.4 Å². The molecule has 2 rings (SSSR count). The van der Waals surface area contributed by atoms with E-state index in [1.165, 1.54) is 37.3 Å². The second kappa shape index (κ2) is 7.99. The van der Waals surface area contributed by atoms with Crippen molar-refractivity contribution in [2.75, 3.05) is 0 Å². The second-order valence-corrected chi connectivity index (χ2v) is 5.63. The van der Waals surface area contributed by atoms with Crippen LogP contribution in [0.2, 0.25) is 10.0 Å². The van der Waals surface area contributed by atoms with E-state index in [9.17, 15) is 14.0 Å². The SMILES string of the molecule is CC(Oc1ccc(Cl)cc1Cl)C(=O)NNC(=O)c1cccc(F)c1. The van der Waals surface area contributed by atoms with Crippen molar-refractivity contribution in [1.82, 2.24) is 10.9 Å². The molecule has 0 bridgehead atoms. The Bertz CT molecular complexity index is 771. The minimum absolute atomic E-state index is 0.0737. The summed E-state index contributed by atoms with van der Waals surface area (Å²) in [6, 6.07) is 9.64. The summed E-state index contributed by atoms with van der Waals surface area (Å²) in [5.74, 6) is -1.53. The first-order valence-corrected chi connectivity index (χ1v) is 7.60. The van der Waals surface area contributed by atoms with Gasteiger partial charge in [-0.05, 0) is 43.3 Å². The molecule has 2 aromatic rings. The highest BCUT2D eigenvalue weighted by atomic mass is 35.5. The van der Waals surface area contributed by atoms with Gasteiger partial charge in [-0.25, -0.2) is 4.39 Å². The van der Waals surface area contributed by atoms with Crippen molar-refractivity contribution in [2.24, 2.45) is 0 Å². The third-order valence-corrected chi connectivity index (χ3v) is 3.48. The van der Waals surface area contributed by atoms with Crippen molar-refractivity contribution in [3.63, 3.8) is 0 Å². The van der Waals surface area contributed by atoms with Gasteiger partial charge >= 0.3 is 0 Å². The van der Waals surface area contributed by atoms with Crippen LogP contribution in [0.3, 0.4) is 0 Å². The Morgan fingerprint density at radius 2 is 1.88 bits per heavy atom. The van der Waals surface area contributed by atoms with Crippen LogP contribution >= 0.6 is 23.2 Å².